The maximum Gasteiger partial charge on any atom is 0.184 e. The number of ketones is 1. The molecular weight excluding hydrogens is 322 g/mol. The lowest BCUT2D eigenvalue weighted by Gasteiger charge is -2.04. The van der Waals surface area contributed by atoms with Crippen molar-refractivity contribution in [1.82, 2.24) is 9.55 Å². The van der Waals surface area contributed by atoms with Gasteiger partial charge >= 0.3 is 0 Å². The van der Waals surface area contributed by atoms with E-state index in [0.29, 0.717) is 0 Å². The predicted octanol–water partition coefficient (Wildman–Crippen LogP) is 3.86. The van der Waals surface area contributed by atoms with Gasteiger partial charge in [-0.2, -0.15) is 0 Å². The van der Waals surface area contributed by atoms with Gasteiger partial charge < -0.3 is 14.6 Å². The average molecular weight is 343 g/mol. The lowest BCUT2D eigenvalue weighted by molar-refractivity contribution is 0.101. The van der Waals surface area contributed by atoms with Crippen LogP contribution >= 0.6 is 11.3 Å². The van der Waals surface area contributed by atoms with Crippen molar-refractivity contribution in [3.05, 3.63) is 40.0 Å². The SMILES string of the molecule is COc1ccc2c(c1)c(C(=O)CNc1nc(C)c(C)s1)c(C)n2C. The fourth-order valence-electron chi connectivity index (χ4n) is 2.82. The minimum atomic E-state index is 0.0526. The van der Waals surface area contributed by atoms with Crippen LogP contribution in [-0.2, 0) is 7.05 Å². The topological polar surface area (TPSA) is 56.1 Å². The van der Waals surface area contributed by atoms with Gasteiger partial charge in [-0.25, -0.2) is 4.98 Å². The quantitative estimate of drug-likeness (QED) is 0.715. The molecule has 0 fully saturated rings. The Morgan fingerprint density at radius 3 is 2.71 bits per heavy atom. The zero-order chi connectivity index (χ0) is 17.4. The number of aryl methyl sites for hydroxylation is 3. The average Bonchev–Trinajstić information content (AvgIpc) is 3.02. The van der Waals surface area contributed by atoms with E-state index in [1.807, 2.05) is 50.6 Å². The molecule has 3 rings (SSSR count). The zero-order valence-corrected chi connectivity index (χ0v) is 15.4. The molecule has 0 saturated carbocycles. The molecule has 24 heavy (non-hydrogen) atoms. The number of hydrogen-bond acceptors (Lipinski definition) is 5. The lowest BCUT2D eigenvalue weighted by Crippen LogP contribution is -2.15. The summed E-state index contributed by atoms with van der Waals surface area (Å²) in [6.45, 7) is 6.20. The van der Waals surface area contributed by atoms with Crippen LogP contribution in [0.3, 0.4) is 0 Å². The number of benzene rings is 1. The van der Waals surface area contributed by atoms with Gasteiger partial charge in [0.25, 0.3) is 0 Å². The molecule has 0 saturated heterocycles. The summed E-state index contributed by atoms with van der Waals surface area (Å²) < 4.78 is 7.35. The van der Waals surface area contributed by atoms with Gasteiger partial charge in [0.15, 0.2) is 10.9 Å². The van der Waals surface area contributed by atoms with Gasteiger partial charge in [0.1, 0.15) is 5.75 Å². The molecule has 0 aliphatic rings. The number of Topliss-reactive ketones (excluding diaryl/α,β-unsaturated/α-hetero) is 1. The highest BCUT2D eigenvalue weighted by molar-refractivity contribution is 7.15. The van der Waals surface area contributed by atoms with Crippen molar-refractivity contribution in [2.24, 2.45) is 7.05 Å². The number of nitrogens with one attached hydrogen (secondary N) is 1. The van der Waals surface area contributed by atoms with Crippen molar-refractivity contribution in [2.75, 3.05) is 19.0 Å². The van der Waals surface area contributed by atoms with E-state index in [2.05, 4.69) is 10.3 Å². The lowest BCUT2D eigenvalue weighted by atomic mass is 10.1. The molecule has 0 aliphatic heterocycles. The third-order valence-electron chi connectivity index (χ3n) is 4.41. The van der Waals surface area contributed by atoms with Crippen LogP contribution in [0.15, 0.2) is 18.2 Å². The fraction of sp³-hybridized carbons (Fsp3) is 0.333. The Bertz CT molecular complexity index is 905. The molecule has 1 aromatic carbocycles. The maximum atomic E-state index is 12.8. The Kier molecular flexibility index (Phi) is 4.32. The van der Waals surface area contributed by atoms with Gasteiger partial charge in [0.05, 0.1) is 19.3 Å². The predicted molar refractivity (Wildman–Crippen MR) is 98.6 cm³/mol. The first-order valence-corrected chi connectivity index (χ1v) is 8.58. The van der Waals surface area contributed by atoms with Crippen molar-refractivity contribution in [1.29, 1.82) is 0 Å². The molecule has 0 radical (unpaired) electrons. The number of anilines is 1. The Morgan fingerprint density at radius 1 is 1.33 bits per heavy atom. The van der Waals surface area contributed by atoms with Gasteiger partial charge in [-0.05, 0) is 39.0 Å². The minimum absolute atomic E-state index is 0.0526. The smallest absolute Gasteiger partial charge is 0.184 e. The molecule has 2 aromatic heterocycles. The summed E-state index contributed by atoms with van der Waals surface area (Å²) in [6.07, 6.45) is 0. The normalized spacial score (nSPS) is 11.0. The van der Waals surface area contributed by atoms with Crippen molar-refractivity contribution < 1.29 is 9.53 Å². The van der Waals surface area contributed by atoms with E-state index in [9.17, 15) is 4.79 Å². The molecule has 2 heterocycles. The monoisotopic (exact) mass is 343 g/mol. The largest absolute Gasteiger partial charge is 0.497 e. The van der Waals surface area contributed by atoms with E-state index >= 15 is 0 Å². The molecule has 6 heteroatoms. The Morgan fingerprint density at radius 2 is 2.08 bits per heavy atom. The molecule has 126 valence electrons. The van der Waals surface area contributed by atoms with Gasteiger partial charge in [-0.15, -0.1) is 11.3 Å². The molecule has 0 unspecified atom stereocenters. The number of rotatable bonds is 5. The third-order valence-corrected chi connectivity index (χ3v) is 5.44. The van der Waals surface area contributed by atoms with E-state index in [-0.39, 0.29) is 12.3 Å². The molecule has 0 amide bonds. The number of ether oxygens (including phenoxy) is 1. The van der Waals surface area contributed by atoms with Gasteiger partial charge in [-0.1, -0.05) is 0 Å². The van der Waals surface area contributed by atoms with Crippen LogP contribution in [0.25, 0.3) is 10.9 Å². The molecule has 1 N–H and O–H groups in total. The van der Waals surface area contributed by atoms with E-state index in [4.69, 9.17) is 4.74 Å². The number of fused-ring (bicyclic) bond motifs is 1. The second-order valence-electron chi connectivity index (χ2n) is 5.84. The van der Waals surface area contributed by atoms with E-state index in [0.717, 1.165) is 43.6 Å². The molecule has 0 aliphatic carbocycles. The highest BCUT2D eigenvalue weighted by atomic mass is 32.1. The summed E-state index contributed by atoms with van der Waals surface area (Å²) >= 11 is 1.57. The van der Waals surface area contributed by atoms with Crippen molar-refractivity contribution in [3.8, 4) is 5.75 Å². The molecule has 5 nitrogen and oxygen atoms in total. The molecule has 0 atom stereocenters. The number of carbonyl (C=O) groups is 1. The third kappa shape index (κ3) is 2.78. The maximum absolute atomic E-state index is 12.8. The Balaban J connectivity index is 1.92. The van der Waals surface area contributed by atoms with E-state index < -0.39 is 0 Å². The number of thiazole rings is 1. The number of nitrogens with zero attached hydrogens (tertiary/aromatic N) is 2. The molecule has 3 aromatic rings. The second-order valence-corrected chi connectivity index (χ2v) is 7.04. The molecule has 0 bridgehead atoms. The Labute approximate surface area is 145 Å². The van der Waals surface area contributed by atoms with Crippen LogP contribution < -0.4 is 10.1 Å². The van der Waals surface area contributed by atoms with Gasteiger partial charge in [0.2, 0.25) is 0 Å². The van der Waals surface area contributed by atoms with E-state index in [1.54, 1.807) is 18.4 Å². The summed E-state index contributed by atoms with van der Waals surface area (Å²) in [5.74, 6) is 0.804. The molecule has 0 spiro atoms. The molecular formula is C18H21N3O2S. The van der Waals surface area contributed by atoms with Gasteiger partial charge in [-0.3, -0.25) is 4.79 Å². The first-order valence-electron chi connectivity index (χ1n) is 7.76. The fourth-order valence-corrected chi connectivity index (χ4v) is 3.63. The summed E-state index contributed by atoms with van der Waals surface area (Å²) in [5.41, 5.74) is 3.72. The van der Waals surface area contributed by atoms with Crippen molar-refractivity contribution in [2.45, 2.75) is 20.8 Å². The highest BCUT2D eigenvalue weighted by Crippen LogP contribution is 2.29. The van der Waals surface area contributed by atoms with Crippen LogP contribution in [0.5, 0.6) is 5.75 Å². The van der Waals surface area contributed by atoms with Crippen LogP contribution in [0.2, 0.25) is 0 Å². The van der Waals surface area contributed by atoms with Crippen LogP contribution in [0, 0.1) is 20.8 Å². The summed E-state index contributed by atoms with van der Waals surface area (Å²) in [4.78, 5) is 18.4. The van der Waals surface area contributed by atoms with Gasteiger partial charge in [0, 0.05) is 34.1 Å². The standard InChI is InChI=1S/C18H21N3O2S/c1-10-12(3)24-18(20-10)19-9-16(22)17-11(2)21(4)15-7-6-13(23-5)8-14(15)17/h6-8H,9H2,1-5H3,(H,19,20). The number of methoxy groups -OCH3 is 1. The summed E-state index contributed by atoms with van der Waals surface area (Å²) in [6, 6.07) is 5.82. The first kappa shape index (κ1) is 16.5. The Hall–Kier alpha value is -2.34. The van der Waals surface area contributed by atoms with Crippen LogP contribution in [-0.4, -0.2) is 29.0 Å². The number of hydrogen-bond donors (Lipinski definition) is 1. The van der Waals surface area contributed by atoms with Crippen molar-refractivity contribution >= 4 is 33.2 Å². The minimum Gasteiger partial charge on any atom is -0.497 e. The van der Waals surface area contributed by atoms with Crippen LogP contribution in [0.4, 0.5) is 5.13 Å². The van der Waals surface area contributed by atoms with E-state index in [1.165, 1.54) is 0 Å². The van der Waals surface area contributed by atoms with Crippen LogP contribution in [0.1, 0.15) is 26.6 Å². The second kappa shape index (κ2) is 6.28. The zero-order valence-electron chi connectivity index (χ0n) is 14.6. The van der Waals surface area contributed by atoms with Crippen molar-refractivity contribution in [3.63, 3.8) is 0 Å². The summed E-state index contributed by atoms with van der Waals surface area (Å²) in [5, 5.41) is 4.86. The first-order chi connectivity index (χ1) is 11.4. The number of carbonyl (C=O) groups excluding carboxylic acids is 1. The highest BCUT2D eigenvalue weighted by Gasteiger charge is 2.19. The summed E-state index contributed by atoms with van der Waals surface area (Å²) in [7, 11) is 3.61. The number of aromatic nitrogens is 2.